The van der Waals surface area contributed by atoms with Crippen LogP contribution in [0.5, 0.6) is 0 Å². The minimum absolute atomic E-state index is 0.150. The van der Waals surface area contributed by atoms with Gasteiger partial charge in [0.05, 0.1) is 11.4 Å². The number of nitrogens with zero attached hydrogens (tertiary/aromatic N) is 3. The standard InChI is InChI=1S/C21H28N6O/c1-13(2)19-16(12-27-8-4-5-9-27)14(3)25-17(19)10-18-20(23-7-6-22-18)15-11-24-26-21(15)28/h6-7,10-11,13,15,22,25H,4-5,8-9,12H2,1-3H3,(H,26,28). The summed E-state index contributed by atoms with van der Waals surface area (Å²) < 4.78 is 0. The van der Waals surface area contributed by atoms with E-state index in [1.54, 1.807) is 18.6 Å². The van der Waals surface area contributed by atoms with Gasteiger partial charge in [0.2, 0.25) is 0 Å². The molecule has 7 heteroatoms. The number of carbonyl (C=O) groups excluding carboxylic acids is 1. The van der Waals surface area contributed by atoms with Gasteiger partial charge < -0.3 is 10.3 Å². The van der Waals surface area contributed by atoms with Crippen molar-refractivity contribution in [2.24, 2.45) is 16.0 Å². The van der Waals surface area contributed by atoms with Crippen LogP contribution >= 0.6 is 0 Å². The Hall–Kier alpha value is -2.67. The molecule has 1 unspecified atom stereocenters. The molecule has 1 saturated heterocycles. The molecule has 1 fully saturated rings. The Bertz CT molecular complexity index is 883. The van der Waals surface area contributed by atoms with Gasteiger partial charge in [-0.3, -0.25) is 14.7 Å². The van der Waals surface area contributed by atoms with Gasteiger partial charge in [0, 0.05) is 36.5 Å². The van der Waals surface area contributed by atoms with Crippen molar-refractivity contribution in [3.8, 4) is 0 Å². The number of aromatic nitrogens is 1. The molecule has 0 radical (unpaired) electrons. The van der Waals surface area contributed by atoms with Crippen molar-refractivity contribution < 1.29 is 4.79 Å². The van der Waals surface area contributed by atoms with Gasteiger partial charge in [0.15, 0.2) is 0 Å². The summed E-state index contributed by atoms with van der Waals surface area (Å²) in [4.78, 5) is 22.7. The highest BCUT2D eigenvalue weighted by atomic mass is 16.2. The van der Waals surface area contributed by atoms with E-state index in [0.29, 0.717) is 11.6 Å². The van der Waals surface area contributed by atoms with Crippen LogP contribution in [0, 0.1) is 12.8 Å². The Labute approximate surface area is 165 Å². The Morgan fingerprint density at radius 2 is 2.11 bits per heavy atom. The predicted molar refractivity (Wildman–Crippen MR) is 112 cm³/mol. The highest BCUT2D eigenvalue weighted by molar-refractivity contribution is 6.24. The number of nitrogens with one attached hydrogen (secondary N) is 3. The second-order valence-corrected chi connectivity index (χ2v) is 7.96. The molecule has 1 aromatic rings. The molecule has 0 saturated carbocycles. The number of H-pyrrole nitrogens is 1. The Kier molecular flexibility index (Phi) is 5.17. The van der Waals surface area contributed by atoms with Gasteiger partial charge in [-0.25, -0.2) is 5.43 Å². The van der Waals surface area contributed by atoms with E-state index >= 15 is 0 Å². The molecule has 4 heterocycles. The maximum absolute atomic E-state index is 12.1. The summed E-state index contributed by atoms with van der Waals surface area (Å²) in [6.07, 6.45) is 9.73. The Balaban J connectivity index is 1.70. The molecular weight excluding hydrogens is 352 g/mol. The zero-order valence-corrected chi connectivity index (χ0v) is 16.7. The molecule has 3 aliphatic heterocycles. The third-order valence-electron chi connectivity index (χ3n) is 5.61. The normalized spacial score (nSPS) is 23.6. The molecule has 4 rings (SSSR count). The Morgan fingerprint density at radius 3 is 2.79 bits per heavy atom. The predicted octanol–water partition coefficient (Wildman–Crippen LogP) is 2.63. The van der Waals surface area contributed by atoms with Crippen molar-refractivity contribution in [2.75, 3.05) is 13.1 Å². The molecule has 1 amide bonds. The molecule has 0 aromatic carbocycles. The maximum atomic E-state index is 12.1. The lowest BCUT2D eigenvalue weighted by molar-refractivity contribution is -0.120. The summed E-state index contributed by atoms with van der Waals surface area (Å²) in [7, 11) is 0. The maximum Gasteiger partial charge on any atom is 0.254 e. The van der Waals surface area contributed by atoms with Crippen LogP contribution in [-0.2, 0) is 11.3 Å². The van der Waals surface area contributed by atoms with E-state index in [0.717, 1.165) is 17.9 Å². The van der Waals surface area contributed by atoms with E-state index < -0.39 is 5.92 Å². The van der Waals surface area contributed by atoms with Crippen LogP contribution in [0.15, 0.2) is 28.2 Å². The van der Waals surface area contributed by atoms with E-state index in [1.807, 2.05) is 0 Å². The quantitative estimate of drug-likeness (QED) is 0.734. The first-order valence-corrected chi connectivity index (χ1v) is 10.0. The summed E-state index contributed by atoms with van der Waals surface area (Å²) in [5.74, 6) is -0.222. The third-order valence-corrected chi connectivity index (χ3v) is 5.61. The average molecular weight is 380 g/mol. The molecule has 3 N–H and O–H groups in total. The van der Waals surface area contributed by atoms with Crippen molar-refractivity contribution in [3.63, 3.8) is 0 Å². The number of hydrazone groups is 1. The van der Waals surface area contributed by atoms with Crippen LogP contribution in [0.25, 0.3) is 6.08 Å². The highest BCUT2D eigenvalue weighted by Crippen LogP contribution is 2.30. The minimum atomic E-state index is -0.466. The van der Waals surface area contributed by atoms with Crippen molar-refractivity contribution >= 4 is 23.9 Å². The SMILES string of the molecule is Cc1[nH]c(C=C2NC=CN=C2C2C=NNC2=O)c(C(C)C)c1CN1CCCC1. The topological polar surface area (TPSA) is 84.9 Å². The van der Waals surface area contributed by atoms with Gasteiger partial charge in [0.25, 0.3) is 5.91 Å². The molecule has 1 atom stereocenters. The molecule has 0 bridgehead atoms. The van der Waals surface area contributed by atoms with Gasteiger partial charge in [-0.15, -0.1) is 0 Å². The first kappa shape index (κ1) is 18.7. The van der Waals surface area contributed by atoms with Crippen molar-refractivity contribution in [2.45, 2.75) is 46.1 Å². The van der Waals surface area contributed by atoms with Crippen molar-refractivity contribution in [1.29, 1.82) is 0 Å². The molecule has 1 aromatic heterocycles. The number of hydrogen-bond donors (Lipinski definition) is 3. The number of rotatable bonds is 5. The summed E-state index contributed by atoms with van der Waals surface area (Å²) in [6.45, 7) is 9.97. The summed E-state index contributed by atoms with van der Waals surface area (Å²) >= 11 is 0. The molecule has 28 heavy (non-hydrogen) atoms. The van der Waals surface area contributed by atoms with Crippen molar-refractivity contribution in [1.82, 2.24) is 20.6 Å². The number of aliphatic imine (C=N–C) groups is 1. The molecule has 148 valence electrons. The Morgan fingerprint density at radius 1 is 1.32 bits per heavy atom. The van der Waals surface area contributed by atoms with E-state index in [4.69, 9.17) is 0 Å². The molecule has 0 aliphatic carbocycles. The lowest BCUT2D eigenvalue weighted by Gasteiger charge is -2.19. The second kappa shape index (κ2) is 7.75. The van der Waals surface area contributed by atoms with Crippen LogP contribution in [0.3, 0.4) is 0 Å². The zero-order valence-electron chi connectivity index (χ0n) is 16.7. The van der Waals surface area contributed by atoms with Gasteiger partial charge in [-0.1, -0.05) is 13.8 Å². The fourth-order valence-corrected chi connectivity index (χ4v) is 4.25. The number of amides is 1. The number of hydrogen-bond acceptors (Lipinski definition) is 5. The van der Waals surface area contributed by atoms with Crippen molar-refractivity contribution in [3.05, 3.63) is 40.6 Å². The van der Waals surface area contributed by atoms with E-state index in [1.165, 1.54) is 42.8 Å². The number of likely N-dealkylation sites (tertiary alicyclic amines) is 1. The lowest BCUT2D eigenvalue weighted by Crippen LogP contribution is -2.32. The molecule has 0 spiro atoms. The monoisotopic (exact) mass is 380 g/mol. The minimum Gasteiger partial charge on any atom is -0.359 e. The smallest absolute Gasteiger partial charge is 0.254 e. The van der Waals surface area contributed by atoms with Crippen LogP contribution in [-0.4, -0.2) is 40.8 Å². The fourth-order valence-electron chi connectivity index (χ4n) is 4.25. The van der Waals surface area contributed by atoms with Gasteiger partial charge in [-0.2, -0.15) is 5.10 Å². The summed E-state index contributed by atoms with van der Waals surface area (Å²) in [6, 6.07) is 0. The molecule has 3 aliphatic rings. The van der Waals surface area contributed by atoms with E-state index in [2.05, 4.69) is 57.6 Å². The largest absolute Gasteiger partial charge is 0.359 e. The van der Waals surface area contributed by atoms with Crippen LogP contribution in [0.2, 0.25) is 0 Å². The van der Waals surface area contributed by atoms with E-state index in [9.17, 15) is 4.79 Å². The van der Waals surface area contributed by atoms with Gasteiger partial charge in [-0.05, 0) is 56.0 Å². The average Bonchev–Trinajstić information content (AvgIpc) is 3.38. The number of aryl methyl sites for hydroxylation is 1. The lowest BCUT2D eigenvalue weighted by atomic mass is 9.95. The second-order valence-electron chi connectivity index (χ2n) is 7.96. The van der Waals surface area contributed by atoms with Crippen LogP contribution in [0.1, 0.15) is 55.1 Å². The molecule has 7 nitrogen and oxygen atoms in total. The number of allylic oxidation sites excluding steroid dienone is 1. The zero-order chi connectivity index (χ0) is 19.7. The van der Waals surface area contributed by atoms with Crippen LogP contribution < -0.4 is 10.7 Å². The fraction of sp³-hybridized carbons (Fsp3) is 0.476. The first-order valence-electron chi connectivity index (χ1n) is 10.0. The molecular formula is C21H28N6O. The highest BCUT2D eigenvalue weighted by Gasteiger charge is 2.30. The number of aromatic amines is 1. The van der Waals surface area contributed by atoms with E-state index in [-0.39, 0.29) is 5.91 Å². The third kappa shape index (κ3) is 3.54. The number of carbonyl (C=O) groups is 1. The summed E-state index contributed by atoms with van der Waals surface area (Å²) in [5.41, 5.74) is 9.04. The summed E-state index contributed by atoms with van der Waals surface area (Å²) in [5, 5.41) is 7.15. The van der Waals surface area contributed by atoms with Gasteiger partial charge >= 0.3 is 0 Å². The first-order chi connectivity index (χ1) is 13.5. The van der Waals surface area contributed by atoms with Crippen LogP contribution in [0.4, 0.5) is 0 Å². The van der Waals surface area contributed by atoms with Gasteiger partial charge in [0.1, 0.15) is 5.92 Å².